The van der Waals surface area contributed by atoms with Crippen molar-refractivity contribution in [2.75, 3.05) is 18.5 Å². The molecule has 0 heterocycles. The van der Waals surface area contributed by atoms with E-state index in [2.05, 4.69) is 12.2 Å². The first-order valence-corrected chi connectivity index (χ1v) is 6.55. The number of rotatable bonds is 3. The lowest BCUT2D eigenvalue weighted by Crippen LogP contribution is -2.29. The summed E-state index contributed by atoms with van der Waals surface area (Å²) in [6.45, 7) is 6.71. The molecule has 6 heteroatoms. The molecule has 0 radical (unpaired) electrons. The minimum atomic E-state index is -4.47. The van der Waals surface area contributed by atoms with Gasteiger partial charge in [-0.2, -0.15) is 13.2 Å². The number of alkyl halides is 3. The lowest BCUT2D eigenvalue weighted by molar-refractivity contribution is -0.137. The van der Waals surface area contributed by atoms with E-state index in [9.17, 15) is 13.2 Å². The Kier molecular flexibility index (Phi) is 4.69. The predicted molar refractivity (Wildman–Crippen MR) is 80.1 cm³/mol. The molecule has 0 atom stereocenters. The molecule has 0 saturated carbocycles. The number of hydrogen-bond acceptors (Lipinski definition) is 2. The maximum Gasteiger partial charge on any atom is 0.417 e. The van der Waals surface area contributed by atoms with Gasteiger partial charge in [0, 0.05) is 24.8 Å². The summed E-state index contributed by atoms with van der Waals surface area (Å²) >= 11 is 4.68. The van der Waals surface area contributed by atoms with Crippen molar-refractivity contribution in [3.63, 3.8) is 0 Å². The summed E-state index contributed by atoms with van der Waals surface area (Å²) in [4.78, 5) is 1.54. The highest BCUT2D eigenvalue weighted by molar-refractivity contribution is 7.80. The van der Waals surface area contributed by atoms with Gasteiger partial charge in [-0.3, -0.25) is 0 Å². The van der Waals surface area contributed by atoms with Crippen molar-refractivity contribution in [1.29, 1.82) is 0 Å². The van der Waals surface area contributed by atoms with E-state index in [1.807, 2.05) is 20.8 Å². The summed E-state index contributed by atoms with van der Waals surface area (Å²) in [6, 6.07) is 4.04. The second kappa shape index (κ2) is 5.60. The van der Waals surface area contributed by atoms with E-state index in [4.69, 9.17) is 5.73 Å². The standard InChI is InChI=1S/C14H19F3N2S/c1-13(2,3)8-19(4)9-5-6-10(12(18)20)11(7-9)14(15,16)17/h5-7H,8H2,1-4H3,(H2,18,20). The van der Waals surface area contributed by atoms with Gasteiger partial charge >= 0.3 is 6.18 Å². The van der Waals surface area contributed by atoms with Crippen molar-refractivity contribution in [3.8, 4) is 0 Å². The second-order valence-electron chi connectivity index (χ2n) is 6.01. The van der Waals surface area contributed by atoms with Gasteiger partial charge in [0.05, 0.1) is 5.56 Å². The summed E-state index contributed by atoms with van der Waals surface area (Å²) in [5.41, 5.74) is 4.90. The highest BCUT2D eigenvalue weighted by Crippen LogP contribution is 2.35. The van der Waals surface area contributed by atoms with Gasteiger partial charge < -0.3 is 10.6 Å². The average molecular weight is 304 g/mol. The molecule has 0 spiro atoms. The highest BCUT2D eigenvalue weighted by Gasteiger charge is 2.34. The molecule has 0 fully saturated rings. The first-order chi connectivity index (χ1) is 8.92. The number of nitrogens with zero attached hydrogens (tertiary/aromatic N) is 1. The molecule has 2 N–H and O–H groups in total. The lowest BCUT2D eigenvalue weighted by Gasteiger charge is -2.29. The van der Waals surface area contributed by atoms with Crippen LogP contribution in [0.5, 0.6) is 0 Å². The Bertz CT molecular complexity index is 504. The van der Waals surface area contributed by atoms with Crippen LogP contribution >= 0.6 is 12.2 Å². The van der Waals surface area contributed by atoms with E-state index in [1.54, 1.807) is 18.0 Å². The number of halogens is 3. The van der Waals surface area contributed by atoms with Gasteiger partial charge in [-0.1, -0.05) is 33.0 Å². The molecule has 1 rings (SSSR count). The van der Waals surface area contributed by atoms with E-state index < -0.39 is 11.7 Å². The van der Waals surface area contributed by atoms with Crippen molar-refractivity contribution in [1.82, 2.24) is 0 Å². The van der Waals surface area contributed by atoms with Crippen molar-refractivity contribution >= 4 is 22.9 Å². The van der Waals surface area contributed by atoms with Crippen LogP contribution in [0.1, 0.15) is 31.9 Å². The molecule has 0 aliphatic rings. The normalized spacial score (nSPS) is 12.3. The third kappa shape index (κ3) is 4.37. The van der Waals surface area contributed by atoms with E-state index in [1.165, 1.54) is 6.07 Å². The molecule has 112 valence electrons. The summed E-state index contributed by atoms with van der Waals surface area (Å²) in [5.74, 6) is 0. The zero-order valence-corrected chi connectivity index (χ0v) is 12.8. The van der Waals surface area contributed by atoms with Crippen LogP contribution in [-0.4, -0.2) is 18.6 Å². The number of thiocarbonyl (C=S) groups is 1. The molecule has 0 unspecified atom stereocenters. The van der Waals surface area contributed by atoms with Gasteiger partial charge in [0.1, 0.15) is 4.99 Å². The quantitative estimate of drug-likeness (QED) is 0.861. The van der Waals surface area contributed by atoms with Crippen LogP contribution in [0.25, 0.3) is 0 Å². The number of benzene rings is 1. The van der Waals surface area contributed by atoms with Crippen LogP contribution in [0.15, 0.2) is 18.2 Å². The largest absolute Gasteiger partial charge is 0.417 e. The first kappa shape index (κ1) is 16.8. The molecule has 0 bridgehead atoms. The Labute approximate surface area is 122 Å². The van der Waals surface area contributed by atoms with Crippen molar-refractivity contribution in [2.45, 2.75) is 26.9 Å². The Hall–Kier alpha value is -1.30. The molecular formula is C14H19F3N2S. The molecule has 0 amide bonds. The fourth-order valence-corrected chi connectivity index (χ4v) is 2.20. The monoisotopic (exact) mass is 304 g/mol. The molecular weight excluding hydrogens is 285 g/mol. The summed E-state index contributed by atoms with van der Waals surface area (Å²) in [5, 5.41) is 0. The average Bonchev–Trinajstić information content (AvgIpc) is 2.24. The van der Waals surface area contributed by atoms with Gasteiger partial charge in [-0.15, -0.1) is 0 Å². The van der Waals surface area contributed by atoms with Gasteiger partial charge in [0.15, 0.2) is 0 Å². The topological polar surface area (TPSA) is 29.3 Å². The third-order valence-electron chi connectivity index (χ3n) is 2.73. The molecule has 2 nitrogen and oxygen atoms in total. The van der Waals surface area contributed by atoms with Crippen LogP contribution in [0.2, 0.25) is 0 Å². The third-order valence-corrected chi connectivity index (χ3v) is 2.95. The zero-order valence-electron chi connectivity index (χ0n) is 12.0. The van der Waals surface area contributed by atoms with E-state index in [0.29, 0.717) is 12.2 Å². The van der Waals surface area contributed by atoms with E-state index in [-0.39, 0.29) is 16.0 Å². The number of anilines is 1. The Morgan fingerprint density at radius 3 is 2.20 bits per heavy atom. The zero-order chi connectivity index (χ0) is 15.7. The summed E-state index contributed by atoms with van der Waals surface area (Å²) in [7, 11) is 1.77. The van der Waals surface area contributed by atoms with Crippen molar-refractivity contribution in [3.05, 3.63) is 29.3 Å². The van der Waals surface area contributed by atoms with Crippen LogP contribution in [0, 0.1) is 5.41 Å². The van der Waals surface area contributed by atoms with E-state index >= 15 is 0 Å². The number of nitrogens with two attached hydrogens (primary N) is 1. The first-order valence-electron chi connectivity index (χ1n) is 6.14. The molecule has 0 aliphatic heterocycles. The van der Waals surface area contributed by atoms with Crippen LogP contribution in [0.3, 0.4) is 0 Å². The molecule has 0 saturated heterocycles. The van der Waals surface area contributed by atoms with E-state index in [0.717, 1.165) is 6.07 Å². The fourth-order valence-electron chi connectivity index (χ4n) is 2.02. The Morgan fingerprint density at radius 2 is 1.80 bits per heavy atom. The highest BCUT2D eigenvalue weighted by atomic mass is 32.1. The maximum atomic E-state index is 13.1. The fraction of sp³-hybridized carbons (Fsp3) is 0.500. The lowest BCUT2D eigenvalue weighted by atomic mass is 9.95. The molecule has 1 aromatic rings. The molecule has 0 aromatic heterocycles. The minimum absolute atomic E-state index is 0.0189. The number of hydrogen-bond donors (Lipinski definition) is 1. The molecule has 0 aliphatic carbocycles. The van der Waals surface area contributed by atoms with Gasteiger partial charge in [-0.25, -0.2) is 0 Å². The molecule has 20 heavy (non-hydrogen) atoms. The Balaban J connectivity index is 3.23. The summed E-state index contributed by atoms with van der Waals surface area (Å²) in [6.07, 6.45) is -4.47. The maximum absolute atomic E-state index is 13.1. The predicted octanol–water partition coefficient (Wildman–Crippen LogP) is 3.82. The van der Waals surface area contributed by atoms with Gasteiger partial charge in [0.25, 0.3) is 0 Å². The minimum Gasteiger partial charge on any atom is -0.389 e. The summed E-state index contributed by atoms with van der Waals surface area (Å²) < 4.78 is 39.2. The van der Waals surface area contributed by atoms with Crippen molar-refractivity contribution < 1.29 is 13.2 Å². The van der Waals surface area contributed by atoms with Crippen LogP contribution in [0.4, 0.5) is 18.9 Å². The van der Waals surface area contributed by atoms with Crippen molar-refractivity contribution in [2.24, 2.45) is 11.1 Å². The molecule has 1 aromatic carbocycles. The van der Waals surface area contributed by atoms with Crippen LogP contribution < -0.4 is 10.6 Å². The van der Waals surface area contributed by atoms with Gasteiger partial charge in [-0.05, 0) is 23.6 Å². The van der Waals surface area contributed by atoms with Gasteiger partial charge in [0.2, 0.25) is 0 Å². The van der Waals surface area contributed by atoms with Crippen LogP contribution in [-0.2, 0) is 6.18 Å². The second-order valence-corrected chi connectivity index (χ2v) is 6.45. The Morgan fingerprint density at radius 1 is 1.25 bits per heavy atom. The SMILES string of the molecule is CN(CC(C)(C)C)c1ccc(C(N)=S)c(C(F)(F)F)c1. The smallest absolute Gasteiger partial charge is 0.389 e.